The van der Waals surface area contributed by atoms with Crippen LogP contribution < -0.4 is 4.74 Å². The van der Waals surface area contributed by atoms with E-state index in [2.05, 4.69) is 21.7 Å². The van der Waals surface area contributed by atoms with Crippen LogP contribution in [0.2, 0.25) is 0 Å². The minimum Gasteiger partial charge on any atom is -0.497 e. The van der Waals surface area contributed by atoms with Crippen LogP contribution in [0, 0.1) is 5.92 Å². The fraction of sp³-hybridized carbons (Fsp3) is 0.529. The lowest BCUT2D eigenvalue weighted by Crippen LogP contribution is -2.25. The number of carbonyl (C=O) groups excluding carboxylic acids is 2. The van der Waals surface area contributed by atoms with Crippen molar-refractivity contribution < 1.29 is 33.9 Å². The molecule has 0 saturated heterocycles. The van der Waals surface area contributed by atoms with Gasteiger partial charge in [-0.2, -0.15) is 0 Å². The van der Waals surface area contributed by atoms with Crippen molar-refractivity contribution in [3.05, 3.63) is 29.8 Å². The number of ether oxygens (including phenoxy) is 2. The molecule has 1 aromatic carbocycles. The molecule has 0 N–H and O–H groups in total. The van der Waals surface area contributed by atoms with E-state index in [1.807, 2.05) is 0 Å². The summed E-state index contributed by atoms with van der Waals surface area (Å²) in [6, 6.07) is 6.18. The van der Waals surface area contributed by atoms with Crippen molar-refractivity contribution in [2.45, 2.75) is 45.1 Å². The largest absolute Gasteiger partial charge is 0.543 e. The van der Waals surface area contributed by atoms with Crippen molar-refractivity contribution in [2.24, 2.45) is 5.92 Å². The quantitative estimate of drug-likeness (QED) is 0.443. The molecule has 0 heterocycles. The Bertz CT molecular complexity index is 532. The lowest BCUT2D eigenvalue weighted by molar-refractivity contribution is -0.453. The molecule has 0 unspecified atom stereocenters. The van der Waals surface area contributed by atoms with Crippen molar-refractivity contribution >= 4 is 12.1 Å². The summed E-state index contributed by atoms with van der Waals surface area (Å²) in [5.41, 5.74) is 0.227. The number of hydrogen-bond donors (Lipinski definition) is 0. The van der Waals surface area contributed by atoms with Crippen LogP contribution in [0.1, 0.15) is 49.4 Å². The summed E-state index contributed by atoms with van der Waals surface area (Å²) in [7, 11) is 1.52. The predicted octanol–water partition coefficient (Wildman–Crippen LogP) is 3.82. The predicted molar refractivity (Wildman–Crippen MR) is 83.1 cm³/mol. The van der Waals surface area contributed by atoms with Gasteiger partial charge in [-0.25, -0.2) is 14.5 Å². The van der Waals surface area contributed by atoms with E-state index in [4.69, 9.17) is 9.47 Å². The van der Waals surface area contributed by atoms with Crippen LogP contribution in [0.25, 0.3) is 0 Å². The zero-order chi connectivity index (χ0) is 17.4. The summed E-state index contributed by atoms with van der Waals surface area (Å²) < 4.78 is 10.1. The number of benzene rings is 1. The summed E-state index contributed by atoms with van der Waals surface area (Å²) in [6.07, 6.45) is 3.61. The Kier molecular flexibility index (Phi) is 6.87. The summed E-state index contributed by atoms with van der Waals surface area (Å²) >= 11 is 0. The SMILES string of the molecule is CCC1CCC(OC(=O)OOOC(=O)c2ccc(OC)cc2)CC1. The van der Waals surface area contributed by atoms with Gasteiger partial charge >= 0.3 is 12.1 Å². The lowest BCUT2D eigenvalue weighted by atomic mass is 9.86. The second-order valence-corrected chi connectivity index (χ2v) is 5.67. The maximum atomic E-state index is 11.7. The van der Waals surface area contributed by atoms with Crippen LogP contribution in [0.15, 0.2) is 24.3 Å². The number of methoxy groups -OCH3 is 1. The van der Waals surface area contributed by atoms with Gasteiger partial charge in [-0.15, -0.1) is 0 Å². The molecule has 0 aliphatic heterocycles. The first-order valence-electron chi connectivity index (χ1n) is 8.02. The van der Waals surface area contributed by atoms with Crippen molar-refractivity contribution in [1.29, 1.82) is 0 Å². The van der Waals surface area contributed by atoms with Gasteiger partial charge in [0.2, 0.25) is 0 Å². The van der Waals surface area contributed by atoms with Gasteiger partial charge in [0.1, 0.15) is 11.9 Å². The third kappa shape index (κ3) is 5.42. The molecular weight excluding hydrogens is 316 g/mol. The molecule has 2 rings (SSSR count). The van der Waals surface area contributed by atoms with Gasteiger partial charge in [0.25, 0.3) is 0 Å². The molecule has 1 saturated carbocycles. The van der Waals surface area contributed by atoms with Crippen LogP contribution in [0.4, 0.5) is 4.79 Å². The molecule has 0 spiro atoms. The van der Waals surface area contributed by atoms with Gasteiger partial charge in [0.05, 0.1) is 17.7 Å². The molecule has 1 aliphatic rings. The molecule has 7 nitrogen and oxygen atoms in total. The van der Waals surface area contributed by atoms with E-state index in [1.165, 1.54) is 19.2 Å². The van der Waals surface area contributed by atoms with Gasteiger partial charge in [-0.1, -0.05) is 13.3 Å². The Morgan fingerprint density at radius 3 is 2.29 bits per heavy atom. The highest BCUT2D eigenvalue weighted by Gasteiger charge is 2.24. The maximum absolute atomic E-state index is 11.7. The van der Waals surface area contributed by atoms with E-state index in [9.17, 15) is 9.59 Å². The van der Waals surface area contributed by atoms with Gasteiger partial charge in [-0.05, 0) is 55.9 Å². The minimum absolute atomic E-state index is 0.179. The van der Waals surface area contributed by atoms with E-state index in [-0.39, 0.29) is 11.7 Å². The van der Waals surface area contributed by atoms with Crippen molar-refractivity contribution in [1.82, 2.24) is 0 Å². The summed E-state index contributed by atoms with van der Waals surface area (Å²) in [6.45, 7) is 2.16. The Hall–Kier alpha value is -2.28. The highest BCUT2D eigenvalue weighted by molar-refractivity contribution is 5.89. The summed E-state index contributed by atoms with van der Waals surface area (Å²) in [5, 5.41) is 4.20. The fourth-order valence-electron chi connectivity index (χ4n) is 2.66. The van der Waals surface area contributed by atoms with Crippen molar-refractivity contribution in [3.8, 4) is 5.75 Å². The second kappa shape index (κ2) is 9.12. The number of hydrogen-bond acceptors (Lipinski definition) is 7. The highest BCUT2D eigenvalue weighted by atomic mass is 17.5. The highest BCUT2D eigenvalue weighted by Crippen LogP contribution is 2.28. The lowest BCUT2D eigenvalue weighted by Gasteiger charge is -2.26. The maximum Gasteiger partial charge on any atom is 0.543 e. The molecule has 0 amide bonds. The Morgan fingerprint density at radius 2 is 1.71 bits per heavy atom. The van der Waals surface area contributed by atoms with Crippen LogP contribution in [-0.2, 0) is 19.6 Å². The smallest absolute Gasteiger partial charge is 0.497 e. The van der Waals surface area contributed by atoms with Crippen molar-refractivity contribution in [3.63, 3.8) is 0 Å². The topological polar surface area (TPSA) is 80.3 Å². The molecule has 132 valence electrons. The average Bonchev–Trinajstić information content (AvgIpc) is 2.62. The first-order chi connectivity index (χ1) is 11.6. The molecule has 1 aromatic rings. The zero-order valence-electron chi connectivity index (χ0n) is 13.9. The third-order valence-corrected chi connectivity index (χ3v) is 4.17. The Morgan fingerprint density at radius 1 is 1.04 bits per heavy atom. The number of rotatable bonds is 6. The monoisotopic (exact) mass is 338 g/mol. The van der Waals surface area contributed by atoms with Crippen LogP contribution in [0.3, 0.4) is 0 Å². The minimum atomic E-state index is -1.02. The average molecular weight is 338 g/mol. The molecule has 24 heavy (non-hydrogen) atoms. The molecule has 7 heteroatoms. The van der Waals surface area contributed by atoms with E-state index < -0.39 is 12.1 Å². The molecule has 0 aromatic heterocycles. The van der Waals surface area contributed by atoms with Crippen molar-refractivity contribution in [2.75, 3.05) is 7.11 Å². The van der Waals surface area contributed by atoms with Crippen LogP contribution >= 0.6 is 0 Å². The zero-order valence-corrected chi connectivity index (χ0v) is 13.9. The molecule has 0 radical (unpaired) electrons. The Labute approximate surface area is 140 Å². The molecule has 1 aliphatic carbocycles. The van der Waals surface area contributed by atoms with E-state index in [0.29, 0.717) is 11.7 Å². The second-order valence-electron chi connectivity index (χ2n) is 5.67. The van der Waals surface area contributed by atoms with Gasteiger partial charge in [0, 0.05) is 0 Å². The number of carbonyl (C=O) groups is 2. The van der Waals surface area contributed by atoms with Gasteiger partial charge in [-0.3, -0.25) is 4.89 Å². The summed E-state index contributed by atoms with van der Waals surface area (Å²) in [5.74, 6) is 0.501. The molecular formula is C17H22O7. The first kappa shape index (κ1) is 18.1. The van der Waals surface area contributed by atoms with Gasteiger partial charge in [0.15, 0.2) is 0 Å². The van der Waals surface area contributed by atoms with E-state index >= 15 is 0 Å². The molecule has 0 bridgehead atoms. The van der Waals surface area contributed by atoms with Crippen LogP contribution in [0.5, 0.6) is 5.75 Å². The standard InChI is InChI=1S/C17H22O7/c1-3-12-4-8-15(9-5-12)21-17(19)23-24-22-16(18)13-6-10-14(20-2)11-7-13/h6-7,10-12,15H,3-5,8-9H2,1-2H3. The molecule has 1 fully saturated rings. The third-order valence-electron chi connectivity index (χ3n) is 4.17. The van der Waals surface area contributed by atoms with Crippen LogP contribution in [-0.4, -0.2) is 25.3 Å². The Balaban J connectivity index is 1.65. The fourth-order valence-corrected chi connectivity index (χ4v) is 2.66. The summed E-state index contributed by atoms with van der Waals surface area (Å²) in [4.78, 5) is 31.9. The first-order valence-corrected chi connectivity index (χ1v) is 8.02. The van der Waals surface area contributed by atoms with Gasteiger partial charge < -0.3 is 9.47 Å². The van der Waals surface area contributed by atoms with E-state index in [1.54, 1.807) is 12.1 Å². The normalized spacial score (nSPS) is 20.1. The van der Waals surface area contributed by atoms with E-state index in [0.717, 1.165) is 32.1 Å². The molecule has 0 atom stereocenters.